The summed E-state index contributed by atoms with van der Waals surface area (Å²) in [5, 5.41) is 9.66. The maximum atomic E-state index is 12.0. The maximum absolute atomic E-state index is 12.0. The first-order valence-electron chi connectivity index (χ1n) is 6.32. The van der Waals surface area contributed by atoms with E-state index in [4.69, 9.17) is 0 Å². The van der Waals surface area contributed by atoms with Gasteiger partial charge in [0.25, 0.3) is 0 Å². The molecule has 0 saturated heterocycles. The van der Waals surface area contributed by atoms with E-state index in [1.165, 1.54) is 19.3 Å². The first kappa shape index (κ1) is 13.7. The fraction of sp³-hybridized carbons (Fsp3) is 0.923. The molecule has 3 heteroatoms. The van der Waals surface area contributed by atoms with Gasteiger partial charge >= 0.3 is 0 Å². The average Bonchev–Trinajstić information content (AvgIpc) is 2.16. The molecule has 0 radical (unpaired) electrons. The van der Waals surface area contributed by atoms with Crippen LogP contribution in [0.2, 0.25) is 0 Å². The molecule has 0 unspecified atom stereocenters. The van der Waals surface area contributed by atoms with Crippen molar-refractivity contribution in [3.63, 3.8) is 0 Å². The smallest absolute Gasteiger partial charge is 0.149 e. The Hall–Kier alpha value is -0.410. The summed E-state index contributed by atoms with van der Waals surface area (Å²) < 4.78 is 0. The van der Waals surface area contributed by atoms with Crippen LogP contribution >= 0.6 is 0 Å². The predicted molar refractivity (Wildman–Crippen MR) is 65.4 cm³/mol. The predicted octanol–water partition coefficient (Wildman–Crippen LogP) is 1.84. The molecule has 1 aliphatic rings. The van der Waals surface area contributed by atoms with E-state index in [2.05, 4.69) is 0 Å². The minimum atomic E-state index is -0.721. The monoisotopic (exact) mass is 227 g/mol. The quantitative estimate of drug-likeness (QED) is 0.779. The first-order chi connectivity index (χ1) is 7.38. The third-order valence-electron chi connectivity index (χ3n) is 3.14. The number of hydrogen-bond acceptors (Lipinski definition) is 3. The van der Waals surface area contributed by atoms with Gasteiger partial charge in [0.1, 0.15) is 5.78 Å². The van der Waals surface area contributed by atoms with Crippen LogP contribution in [-0.4, -0.2) is 41.5 Å². The molecule has 1 fully saturated rings. The van der Waals surface area contributed by atoms with Crippen molar-refractivity contribution >= 4 is 5.78 Å². The van der Waals surface area contributed by atoms with Crippen LogP contribution in [0.4, 0.5) is 0 Å². The van der Waals surface area contributed by atoms with Gasteiger partial charge in [-0.25, -0.2) is 0 Å². The lowest BCUT2D eigenvalue weighted by Crippen LogP contribution is -2.40. The Bertz CT molecular complexity index is 227. The number of rotatable bonds is 5. The summed E-state index contributed by atoms with van der Waals surface area (Å²) in [6.07, 6.45) is 5.81. The SMILES string of the molecule is CN(CC(=O)C1CCCCC1)CC(C)(C)O. The zero-order chi connectivity index (χ0) is 12.2. The van der Waals surface area contributed by atoms with Crippen LogP contribution in [0.3, 0.4) is 0 Å². The number of carbonyl (C=O) groups excluding carboxylic acids is 1. The molecule has 0 aromatic carbocycles. The Kier molecular flexibility index (Phi) is 4.93. The van der Waals surface area contributed by atoms with Gasteiger partial charge in [-0.3, -0.25) is 9.69 Å². The van der Waals surface area contributed by atoms with Gasteiger partial charge in [0.05, 0.1) is 12.1 Å². The molecule has 1 rings (SSSR count). The minimum Gasteiger partial charge on any atom is -0.389 e. The lowest BCUT2D eigenvalue weighted by molar-refractivity contribution is -0.125. The lowest BCUT2D eigenvalue weighted by Gasteiger charge is -2.27. The van der Waals surface area contributed by atoms with Crippen molar-refractivity contribution in [2.45, 2.75) is 51.6 Å². The number of aliphatic hydroxyl groups is 1. The van der Waals surface area contributed by atoms with E-state index in [0.29, 0.717) is 18.9 Å². The number of Topliss-reactive ketones (excluding diaryl/α,β-unsaturated/α-hetero) is 1. The van der Waals surface area contributed by atoms with Crippen molar-refractivity contribution < 1.29 is 9.90 Å². The molecule has 0 spiro atoms. The van der Waals surface area contributed by atoms with Crippen molar-refractivity contribution in [3.8, 4) is 0 Å². The van der Waals surface area contributed by atoms with Gasteiger partial charge in [0, 0.05) is 12.5 Å². The van der Waals surface area contributed by atoms with Crippen LogP contribution in [0.25, 0.3) is 0 Å². The van der Waals surface area contributed by atoms with E-state index in [1.54, 1.807) is 13.8 Å². The second-order valence-corrected chi connectivity index (χ2v) is 5.79. The molecule has 1 N–H and O–H groups in total. The Morgan fingerprint density at radius 2 is 1.88 bits per heavy atom. The van der Waals surface area contributed by atoms with Gasteiger partial charge in [0.15, 0.2) is 0 Å². The molecule has 0 amide bonds. The molecule has 0 aliphatic heterocycles. The molecule has 16 heavy (non-hydrogen) atoms. The summed E-state index contributed by atoms with van der Waals surface area (Å²) in [5.41, 5.74) is -0.721. The summed E-state index contributed by atoms with van der Waals surface area (Å²) in [6.45, 7) is 4.57. The highest BCUT2D eigenvalue weighted by Gasteiger charge is 2.23. The molecule has 0 aromatic rings. The van der Waals surface area contributed by atoms with Crippen molar-refractivity contribution in [1.29, 1.82) is 0 Å². The Morgan fingerprint density at radius 1 is 1.31 bits per heavy atom. The normalized spacial score (nSPS) is 19.1. The van der Waals surface area contributed by atoms with E-state index >= 15 is 0 Å². The summed E-state index contributed by atoms with van der Waals surface area (Å²) in [5.74, 6) is 0.629. The van der Waals surface area contributed by atoms with Crippen LogP contribution < -0.4 is 0 Å². The van der Waals surface area contributed by atoms with E-state index < -0.39 is 5.60 Å². The summed E-state index contributed by atoms with van der Waals surface area (Å²) in [4.78, 5) is 13.9. The highest BCUT2D eigenvalue weighted by atomic mass is 16.3. The molecular weight excluding hydrogens is 202 g/mol. The molecule has 1 aliphatic carbocycles. The molecular formula is C13H25NO2. The van der Waals surface area contributed by atoms with Gasteiger partial charge in [-0.05, 0) is 33.7 Å². The number of nitrogens with zero attached hydrogens (tertiary/aromatic N) is 1. The minimum absolute atomic E-state index is 0.276. The summed E-state index contributed by atoms with van der Waals surface area (Å²) in [6, 6.07) is 0. The molecule has 1 saturated carbocycles. The summed E-state index contributed by atoms with van der Waals surface area (Å²) >= 11 is 0. The van der Waals surface area contributed by atoms with Crippen molar-refractivity contribution in [2.75, 3.05) is 20.1 Å². The number of ketones is 1. The molecule has 94 valence electrons. The van der Waals surface area contributed by atoms with Crippen LogP contribution in [0, 0.1) is 5.92 Å². The summed E-state index contributed by atoms with van der Waals surface area (Å²) in [7, 11) is 1.90. The topological polar surface area (TPSA) is 40.5 Å². The van der Waals surface area contributed by atoms with E-state index in [9.17, 15) is 9.90 Å². The van der Waals surface area contributed by atoms with Gasteiger partial charge < -0.3 is 5.11 Å². The lowest BCUT2D eigenvalue weighted by atomic mass is 9.86. The van der Waals surface area contributed by atoms with Crippen LogP contribution in [-0.2, 0) is 4.79 Å². The van der Waals surface area contributed by atoms with E-state index in [1.807, 2.05) is 11.9 Å². The van der Waals surface area contributed by atoms with Gasteiger partial charge in [-0.15, -0.1) is 0 Å². The Labute approximate surface area is 98.8 Å². The fourth-order valence-electron chi connectivity index (χ4n) is 2.54. The third-order valence-corrected chi connectivity index (χ3v) is 3.14. The molecule has 0 aromatic heterocycles. The maximum Gasteiger partial charge on any atom is 0.149 e. The van der Waals surface area contributed by atoms with Crippen molar-refractivity contribution in [2.24, 2.45) is 5.92 Å². The average molecular weight is 227 g/mol. The third kappa shape index (κ3) is 5.08. The zero-order valence-corrected chi connectivity index (χ0v) is 10.8. The first-order valence-corrected chi connectivity index (χ1v) is 6.32. The highest BCUT2D eigenvalue weighted by Crippen LogP contribution is 2.24. The van der Waals surface area contributed by atoms with Crippen molar-refractivity contribution in [1.82, 2.24) is 4.90 Å². The molecule has 0 atom stereocenters. The van der Waals surface area contributed by atoms with Crippen LogP contribution in [0.15, 0.2) is 0 Å². The van der Waals surface area contributed by atoms with Gasteiger partial charge in [-0.2, -0.15) is 0 Å². The van der Waals surface area contributed by atoms with Crippen LogP contribution in [0.1, 0.15) is 46.0 Å². The second kappa shape index (κ2) is 5.78. The van der Waals surface area contributed by atoms with Crippen molar-refractivity contribution in [3.05, 3.63) is 0 Å². The van der Waals surface area contributed by atoms with E-state index in [0.717, 1.165) is 12.8 Å². The number of likely N-dealkylation sites (N-methyl/N-ethyl adjacent to an activating group) is 1. The number of hydrogen-bond donors (Lipinski definition) is 1. The molecule has 3 nitrogen and oxygen atoms in total. The standard InChI is InChI=1S/C13H25NO2/c1-13(2,16)10-14(3)9-12(15)11-7-5-4-6-8-11/h11,16H,4-10H2,1-3H3. The fourth-order valence-corrected chi connectivity index (χ4v) is 2.54. The van der Waals surface area contributed by atoms with Gasteiger partial charge in [0.2, 0.25) is 0 Å². The zero-order valence-electron chi connectivity index (χ0n) is 10.8. The molecule has 0 heterocycles. The Morgan fingerprint density at radius 3 is 2.38 bits per heavy atom. The van der Waals surface area contributed by atoms with Gasteiger partial charge in [-0.1, -0.05) is 19.3 Å². The van der Waals surface area contributed by atoms with Crippen LogP contribution in [0.5, 0.6) is 0 Å². The largest absolute Gasteiger partial charge is 0.389 e. The second-order valence-electron chi connectivity index (χ2n) is 5.79. The highest BCUT2D eigenvalue weighted by molar-refractivity contribution is 5.83. The number of carbonyl (C=O) groups is 1. The van der Waals surface area contributed by atoms with E-state index in [-0.39, 0.29) is 5.92 Å². The Balaban J connectivity index is 2.32. The molecule has 0 bridgehead atoms.